The summed E-state index contributed by atoms with van der Waals surface area (Å²) in [6.07, 6.45) is 0. The molecule has 4 rings (SSSR count). The second-order valence-electron chi connectivity index (χ2n) is 6.07. The molecular weight excluding hydrogens is 328 g/mol. The minimum Gasteiger partial charge on any atom is -0.497 e. The van der Waals surface area contributed by atoms with Gasteiger partial charge in [0.2, 0.25) is 0 Å². The van der Waals surface area contributed by atoms with E-state index in [9.17, 15) is 4.79 Å². The zero-order chi connectivity index (χ0) is 18.3. The summed E-state index contributed by atoms with van der Waals surface area (Å²) in [5.41, 5.74) is 4.93. The van der Waals surface area contributed by atoms with Gasteiger partial charge < -0.3 is 14.2 Å². The van der Waals surface area contributed by atoms with Crippen molar-refractivity contribution < 1.29 is 19.0 Å². The van der Waals surface area contributed by atoms with Crippen LogP contribution in [0.4, 0.5) is 0 Å². The summed E-state index contributed by atoms with van der Waals surface area (Å²) < 4.78 is 16.0. The number of hydrogen-bond donors (Lipinski definition) is 0. The summed E-state index contributed by atoms with van der Waals surface area (Å²) in [5, 5.41) is 0. The van der Waals surface area contributed by atoms with Crippen LogP contribution < -0.4 is 14.2 Å². The predicted molar refractivity (Wildman–Crippen MR) is 100 cm³/mol. The maximum Gasteiger partial charge on any atom is 0.195 e. The summed E-state index contributed by atoms with van der Waals surface area (Å²) in [5.74, 6) is 2.16. The van der Waals surface area contributed by atoms with Crippen LogP contribution >= 0.6 is 0 Å². The lowest BCUT2D eigenvalue weighted by Gasteiger charge is -2.12. The summed E-state index contributed by atoms with van der Waals surface area (Å²) in [6.45, 7) is 0. The summed E-state index contributed by atoms with van der Waals surface area (Å²) in [4.78, 5) is 13.2. The normalized spacial score (nSPS) is 11.7. The third kappa shape index (κ3) is 2.42. The van der Waals surface area contributed by atoms with E-state index < -0.39 is 0 Å². The van der Waals surface area contributed by atoms with Crippen LogP contribution in [-0.2, 0) is 0 Å². The van der Waals surface area contributed by atoms with Gasteiger partial charge >= 0.3 is 0 Å². The van der Waals surface area contributed by atoms with Crippen LogP contribution in [0, 0.1) is 0 Å². The van der Waals surface area contributed by atoms with Crippen molar-refractivity contribution in [2.45, 2.75) is 0 Å². The van der Waals surface area contributed by atoms with Gasteiger partial charge in [-0.2, -0.15) is 0 Å². The highest BCUT2D eigenvalue weighted by molar-refractivity contribution is 6.25. The number of benzene rings is 3. The Morgan fingerprint density at radius 1 is 0.577 bits per heavy atom. The Bertz CT molecular complexity index is 1000. The Hall–Kier alpha value is -3.27. The molecule has 0 amide bonds. The van der Waals surface area contributed by atoms with Crippen molar-refractivity contribution in [2.24, 2.45) is 0 Å². The van der Waals surface area contributed by atoms with Gasteiger partial charge in [0.05, 0.1) is 21.3 Å². The minimum absolute atomic E-state index is 0.00220. The van der Waals surface area contributed by atoms with Crippen molar-refractivity contribution in [3.63, 3.8) is 0 Å². The number of ether oxygens (including phenoxy) is 3. The van der Waals surface area contributed by atoms with Gasteiger partial charge in [-0.15, -0.1) is 0 Å². The van der Waals surface area contributed by atoms with E-state index in [0.29, 0.717) is 22.6 Å². The second kappa shape index (κ2) is 6.23. The Kier molecular flexibility index (Phi) is 3.88. The molecular formula is C22H18O4. The van der Waals surface area contributed by atoms with Crippen LogP contribution in [0.3, 0.4) is 0 Å². The standard InChI is InChI=1S/C22H18O4/c1-24-14-6-4-13(5-7-14)18-11-16(26-3)12-19-17-9-8-15(25-2)10-20(17)22(23)21(18)19/h4-12H,1-3H3. The number of ketones is 1. The van der Waals surface area contributed by atoms with E-state index in [-0.39, 0.29) is 5.78 Å². The maximum atomic E-state index is 13.2. The van der Waals surface area contributed by atoms with Crippen LogP contribution in [0.2, 0.25) is 0 Å². The Morgan fingerprint density at radius 2 is 1.15 bits per heavy atom. The first-order valence-corrected chi connectivity index (χ1v) is 8.26. The van der Waals surface area contributed by atoms with Gasteiger partial charge in [0.25, 0.3) is 0 Å². The van der Waals surface area contributed by atoms with E-state index in [0.717, 1.165) is 28.0 Å². The van der Waals surface area contributed by atoms with E-state index in [2.05, 4.69) is 0 Å². The summed E-state index contributed by atoms with van der Waals surface area (Å²) >= 11 is 0. The molecule has 26 heavy (non-hydrogen) atoms. The number of hydrogen-bond acceptors (Lipinski definition) is 4. The molecule has 3 aromatic carbocycles. The molecule has 0 heterocycles. The molecule has 0 bridgehead atoms. The Morgan fingerprint density at radius 3 is 1.81 bits per heavy atom. The third-order valence-electron chi connectivity index (χ3n) is 4.74. The fourth-order valence-electron chi connectivity index (χ4n) is 3.40. The van der Waals surface area contributed by atoms with Crippen LogP contribution in [0.15, 0.2) is 54.6 Å². The van der Waals surface area contributed by atoms with E-state index in [1.807, 2.05) is 48.5 Å². The quantitative estimate of drug-likeness (QED) is 0.542. The van der Waals surface area contributed by atoms with E-state index in [1.54, 1.807) is 27.4 Å². The Labute approximate surface area is 152 Å². The smallest absolute Gasteiger partial charge is 0.195 e. The summed E-state index contributed by atoms with van der Waals surface area (Å²) in [7, 11) is 4.86. The van der Waals surface area contributed by atoms with Gasteiger partial charge in [-0.3, -0.25) is 4.79 Å². The van der Waals surface area contributed by atoms with Gasteiger partial charge in [-0.1, -0.05) is 12.1 Å². The molecule has 0 saturated heterocycles. The van der Waals surface area contributed by atoms with Crippen molar-refractivity contribution >= 4 is 5.78 Å². The molecule has 1 aliphatic carbocycles. The molecule has 1 aliphatic rings. The van der Waals surface area contributed by atoms with Crippen molar-refractivity contribution in [1.82, 2.24) is 0 Å². The molecule has 0 saturated carbocycles. The van der Waals surface area contributed by atoms with Crippen molar-refractivity contribution in [1.29, 1.82) is 0 Å². The number of carbonyl (C=O) groups is 1. The topological polar surface area (TPSA) is 44.8 Å². The van der Waals surface area contributed by atoms with Gasteiger partial charge in [0, 0.05) is 11.1 Å². The lowest BCUT2D eigenvalue weighted by molar-refractivity contribution is 0.104. The SMILES string of the molecule is COc1ccc(-c2cc(OC)cc3c2C(=O)c2cc(OC)ccc2-3)cc1. The lowest BCUT2D eigenvalue weighted by atomic mass is 9.94. The number of carbonyl (C=O) groups excluding carboxylic acids is 1. The average molecular weight is 346 g/mol. The van der Waals surface area contributed by atoms with Crippen LogP contribution in [0.25, 0.3) is 22.3 Å². The first kappa shape index (κ1) is 16.2. The van der Waals surface area contributed by atoms with E-state index in [1.165, 1.54) is 0 Å². The van der Waals surface area contributed by atoms with Crippen LogP contribution in [0.5, 0.6) is 17.2 Å². The molecule has 0 aromatic heterocycles. The fraction of sp³-hybridized carbons (Fsp3) is 0.136. The average Bonchev–Trinajstić information content (AvgIpc) is 2.99. The van der Waals surface area contributed by atoms with Crippen LogP contribution in [0.1, 0.15) is 15.9 Å². The highest BCUT2D eigenvalue weighted by Gasteiger charge is 2.31. The maximum absolute atomic E-state index is 13.2. The predicted octanol–water partition coefficient (Wildman–Crippen LogP) is 4.59. The van der Waals surface area contributed by atoms with Gasteiger partial charge in [0.1, 0.15) is 17.2 Å². The molecule has 3 aromatic rings. The fourth-order valence-corrected chi connectivity index (χ4v) is 3.40. The zero-order valence-electron chi connectivity index (χ0n) is 14.8. The van der Waals surface area contributed by atoms with Gasteiger partial charge in [0.15, 0.2) is 5.78 Å². The molecule has 130 valence electrons. The lowest BCUT2D eigenvalue weighted by Crippen LogP contribution is -1.99. The third-order valence-corrected chi connectivity index (χ3v) is 4.74. The molecule has 0 fully saturated rings. The van der Waals surface area contributed by atoms with Crippen molar-refractivity contribution in [2.75, 3.05) is 21.3 Å². The molecule has 0 aliphatic heterocycles. The van der Waals surface area contributed by atoms with Gasteiger partial charge in [-0.25, -0.2) is 0 Å². The molecule has 4 nitrogen and oxygen atoms in total. The first-order chi connectivity index (χ1) is 12.7. The molecule has 0 N–H and O–H groups in total. The highest BCUT2D eigenvalue weighted by Crippen LogP contribution is 2.45. The first-order valence-electron chi connectivity index (χ1n) is 8.26. The minimum atomic E-state index is 0.00220. The molecule has 0 atom stereocenters. The molecule has 0 unspecified atom stereocenters. The second-order valence-corrected chi connectivity index (χ2v) is 6.07. The van der Waals surface area contributed by atoms with Crippen molar-refractivity contribution in [3.05, 3.63) is 65.7 Å². The molecule has 4 heteroatoms. The summed E-state index contributed by atoms with van der Waals surface area (Å²) in [6, 6.07) is 17.1. The number of fused-ring (bicyclic) bond motifs is 3. The van der Waals surface area contributed by atoms with E-state index in [4.69, 9.17) is 14.2 Å². The highest BCUT2D eigenvalue weighted by atomic mass is 16.5. The van der Waals surface area contributed by atoms with E-state index >= 15 is 0 Å². The van der Waals surface area contributed by atoms with Gasteiger partial charge in [-0.05, 0) is 64.7 Å². The number of rotatable bonds is 4. The molecule has 0 radical (unpaired) electrons. The number of methoxy groups -OCH3 is 3. The van der Waals surface area contributed by atoms with Crippen LogP contribution in [-0.4, -0.2) is 27.1 Å². The Balaban J connectivity index is 1.95. The van der Waals surface area contributed by atoms with Crippen molar-refractivity contribution in [3.8, 4) is 39.5 Å². The monoisotopic (exact) mass is 346 g/mol. The molecule has 0 spiro atoms. The largest absolute Gasteiger partial charge is 0.497 e. The zero-order valence-corrected chi connectivity index (χ0v) is 14.8.